The van der Waals surface area contributed by atoms with Crippen LogP contribution >= 0.6 is 0 Å². The van der Waals surface area contributed by atoms with E-state index in [0.29, 0.717) is 22.6 Å². The van der Waals surface area contributed by atoms with Crippen LogP contribution in [0.5, 0.6) is 5.75 Å². The Labute approximate surface area is 192 Å². The van der Waals surface area contributed by atoms with Gasteiger partial charge in [-0.05, 0) is 66.3 Å². The number of ether oxygens (including phenoxy) is 1. The van der Waals surface area contributed by atoms with Crippen LogP contribution in [0.25, 0.3) is 22.2 Å². The van der Waals surface area contributed by atoms with Gasteiger partial charge in [-0.3, -0.25) is 4.79 Å². The highest BCUT2D eigenvalue weighted by Crippen LogP contribution is 2.38. The Hall–Kier alpha value is -4.11. The van der Waals surface area contributed by atoms with E-state index in [2.05, 4.69) is 46.3 Å². The lowest BCUT2D eigenvalue weighted by molar-refractivity contribution is 0.415. The van der Waals surface area contributed by atoms with Crippen molar-refractivity contribution in [2.75, 3.05) is 18.6 Å². The molecule has 0 amide bonds. The van der Waals surface area contributed by atoms with Crippen LogP contribution in [0, 0.1) is 17.2 Å². The fraction of sp³-hybridized carbons (Fsp3) is 0.222. The maximum atomic E-state index is 12.8. The molecule has 33 heavy (non-hydrogen) atoms. The minimum Gasteiger partial charge on any atom is -0.497 e. The van der Waals surface area contributed by atoms with Crippen molar-refractivity contribution >= 4 is 22.4 Å². The van der Waals surface area contributed by atoms with Crippen LogP contribution in [-0.4, -0.2) is 23.2 Å². The van der Waals surface area contributed by atoms with Crippen molar-refractivity contribution in [3.8, 4) is 22.9 Å². The van der Waals surface area contributed by atoms with Crippen LogP contribution in [0.2, 0.25) is 0 Å². The summed E-state index contributed by atoms with van der Waals surface area (Å²) in [6, 6.07) is 23.5. The van der Waals surface area contributed by atoms with Crippen LogP contribution in [0.4, 0.5) is 11.4 Å². The highest BCUT2D eigenvalue weighted by Gasteiger charge is 2.27. The Morgan fingerprint density at radius 2 is 1.88 bits per heavy atom. The molecule has 0 bridgehead atoms. The SMILES string of the molecule is COc1cccc(-c2ccc(N(CC3CC3)c3cc(=O)n(C)c4ccc(C#N)nc34)cc2)c1. The Morgan fingerprint density at radius 1 is 1.09 bits per heavy atom. The highest BCUT2D eigenvalue weighted by molar-refractivity contribution is 5.91. The number of rotatable bonds is 6. The van der Waals surface area contributed by atoms with Crippen molar-refractivity contribution in [2.24, 2.45) is 13.0 Å². The molecule has 0 N–H and O–H groups in total. The number of benzene rings is 2. The minimum atomic E-state index is -0.0993. The molecule has 0 saturated heterocycles. The van der Waals surface area contributed by atoms with E-state index in [1.807, 2.05) is 18.2 Å². The van der Waals surface area contributed by atoms with Gasteiger partial charge in [0.25, 0.3) is 5.56 Å². The van der Waals surface area contributed by atoms with Gasteiger partial charge in [-0.25, -0.2) is 4.98 Å². The first kappa shape index (κ1) is 20.8. The first-order valence-corrected chi connectivity index (χ1v) is 11.0. The van der Waals surface area contributed by atoms with Gasteiger partial charge in [0.1, 0.15) is 23.0 Å². The number of aromatic nitrogens is 2. The predicted molar refractivity (Wildman–Crippen MR) is 130 cm³/mol. The average Bonchev–Trinajstić information content (AvgIpc) is 3.69. The predicted octanol–water partition coefficient (Wildman–Crippen LogP) is 5.03. The highest BCUT2D eigenvalue weighted by atomic mass is 16.5. The van der Waals surface area contributed by atoms with Crippen molar-refractivity contribution in [2.45, 2.75) is 12.8 Å². The van der Waals surface area contributed by atoms with Gasteiger partial charge in [-0.15, -0.1) is 0 Å². The molecule has 1 fully saturated rings. The maximum absolute atomic E-state index is 12.8. The van der Waals surface area contributed by atoms with E-state index in [1.165, 1.54) is 12.8 Å². The number of fused-ring (bicyclic) bond motifs is 1. The first-order valence-electron chi connectivity index (χ1n) is 11.0. The van der Waals surface area contributed by atoms with Crippen LogP contribution in [0.1, 0.15) is 18.5 Å². The maximum Gasteiger partial charge on any atom is 0.252 e. The van der Waals surface area contributed by atoms with Crippen molar-refractivity contribution in [3.63, 3.8) is 0 Å². The van der Waals surface area contributed by atoms with E-state index >= 15 is 0 Å². The topological polar surface area (TPSA) is 71.2 Å². The zero-order chi connectivity index (χ0) is 22.9. The summed E-state index contributed by atoms with van der Waals surface area (Å²) in [6.07, 6.45) is 2.36. The Balaban J connectivity index is 1.61. The molecule has 1 aliphatic rings. The fourth-order valence-electron chi connectivity index (χ4n) is 4.12. The van der Waals surface area contributed by atoms with Gasteiger partial charge >= 0.3 is 0 Å². The third-order valence-electron chi connectivity index (χ3n) is 6.19. The molecule has 164 valence electrons. The first-order chi connectivity index (χ1) is 16.1. The summed E-state index contributed by atoms with van der Waals surface area (Å²) < 4.78 is 6.94. The summed E-state index contributed by atoms with van der Waals surface area (Å²) in [5.74, 6) is 1.40. The lowest BCUT2D eigenvalue weighted by Gasteiger charge is -2.26. The molecular weight excluding hydrogens is 412 g/mol. The summed E-state index contributed by atoms with van der Waals surface area (Å²) in [5.41, 5.74) is 5.51. The molecule has 1 saturated carbocycles. The van der Waals surface area contributed by atoms with Crippen LogP contribution < -0.4 is 15.2 Å². The number of hydrogen-bond acceptors (Lipinski definition) is 5. The summed E-state index contributed by atoms with van der Waals surface area (Å²) in [4.78, 5) is 19.5. The molecule has 0 radical (unpaired) electrons. The molecule has 0 spiro atoms. The van der Waals surface area contributed by atoms with Gasteiger partial charge in [0, 0.05) is 25.3 Å². The van der Waals surface area contributed by atoms with Gasteiger partial charge in [-0.2, -0.15) is 5.26 Å². The largest absolute Gasteiger partial charge is 0.497 e. The average molecular weight is 437 g/mol. The van der Waals surface area contributed by atoms with E-state index in [0.717, 1.165) is 34.8 Å². The zero-order valence-corrected chi connectivity index (χ0v) is 18.7. The number of anilines is 2. The molecule has 1 aliphatic carbocycles. The normalized spacial score (nSPS) is 13.0. The number of aryl methyl sites for hydroxylation is 1. The van der Waals surface area contributed by atoms with Crippen molar-refractivity contribution in [1.29, 1.82) is 5.26 Å². The molecule has 6 heteroatoms. The molecule has 0 atom stereocenters. The summed E-state index contributed by atoms with van der Waals surface area (Å²) in [5, 5.41) is 9.40. The second-order valence-electron chi connectivity index (χ2n) is 8.44. The van der Waals surface area contributed by atoms with Crippen LogP contribution in [0.15, 0.2) is 71.5 Å². The molecule has 0 aliphatic heterocycles. The smallest absolute Gasteiger partial charge is 0.252 e. The van der Waals surface area contributed by atoms with E-state index in [9.17, 15) is 10.1 Å². The lowest BCUT2D eigenvalue weighted by Crippen LogP contribution is -2.25. The fourth-order valence-corrected chi connectivity index (χ4v) is 4.12. The molecule has 2 aromatic heterocycles. The molecule has 2 heterocycles. The molecule has 6 nitrogen and oxygen atoms in total. The summed E-state index contributed by atoms with van der Waals surface area (Å²) in [7, 11) is 3.40. The minimum absolute atomic E-state index is 0.0993. The molecule has 5 rings (SSSR count). The van der Waals surface area contributed by atoms with E-state index < -0.39 is 0 Å². The van der Waals surface area contributed by atoms with Gasteiger partial charge in [0.05, 0.1) is 18.3 Å². The molecule has 4 aromatic rings. The number of methoxy groups -OCH3 is 1. The van der Waals surface area contributed by atoms with E-state index in [1.54, 1.807) is 36.9 Å². The monoisotopic (exact) mass is 436 g/mol. The molecule has 2 aromatic carbocycles. The number of nitrogens with zero attached hydrogens (tertiary/aromatic N) is 4. The Kier molecular flexibility index (Phi) is 5.31. The third-order valence-corrected chi connectivity index (χ3v) is 6.19. The standard InChI is InChI=1S/C27H24N4O2/c1-30-24-13-10-21(16-28)29-27(24)25(15-26(30)32)31(17-18-6-7-18)22-11-8-19(9-12-22)20-4-3-5-23(14-20)33-2/h3-5,8-15,18H,6-7,17H2,1-2H3. The number of nitriles is 1. The third kappa shape index (κ3) is 4.06. The second-order valence-corrected chi connectivity index (χ2v) is 8.44. The molecular formula is C27H24N4O2. The Morgan fingerprint density at radius 3 is 2.58 bits per heavy atom. The van der Waals surface area contributed by atoms with Gasteiger partial charge < -0.3 is 14.2 Å². The van der Waals surface area contributed by atoms with Crippen molar-refractivity contribution < 1.29 is 4.74 Å². The Bertz CT molecular complexity index is 1430. The van der Waals surface area contributed by atoms with Gasteiger partial charge in [0.2, 0.25) is 0 Å². The lowest BCUT2D eigenvalue weighted by atomic mass is 10.0. The molecule has 0 unspecified atom stereocenters. The van der Waals surface area contributed by atoms with Gasteiger partial charge in [-0.1, -0.05) is 24.3 Å². The number of pyridine rings is 2. The van der Waals surface area contributed by atoms with Crippen molar-refractivity contribution in [3.05, 3.63) is 82.8 Å². The van der Waals surface area contributed by atoms with Crippen LogP contribution in [-0.2, 0) is 7.05 Å². The summed E-state index contributed by atoms with van der Waals surface area (Å²) in [6.45, 7) is 0.805. The van der Waals surface area contributed by atoms with E-state index in [4.69, 9.17) is 4.74 Å². The van der Waals surface area contributed by atoms with Crippen LogP contribution in [0.3, 0.4) is 0 Å². The number of hydrogen-bond donors (Lipinski definition) is 0. The quantitative estimate of drug-likeness (QED) is 0.424. The van der Waals surface area contributed by atoms with Crippen molar-refractivity contribution in [1.82, 2.24) is 9.55 Å². The zero-order valence-electron chi connectivity index (χ0n) is 18.7. The van der Waals surface area contributed by atoms with Gasteiger partial charge in [0.15, 0.2) is 0 Å². The van der Waals surface area contributed by atoms with E-state index in [-0.39, 0.29) is 5.56 Å². The summed E-state index contributed by atoms with van der Waals surface area (Å²) >= 11 is 0. The second kappa shape index (κ2) is 8.44.